The van der Waals surface area contributed by atoms with Crippen LogP contribution in [0.5, 0.6) is 5.75 Å². The first-order valence-corrected chi connectivity index (χ1v) is 7.68. The van der Waals surface area contributed by atoms with E-state index in [1.54, 1.807) is 37.3 Å². The quantitative estimate of drug-likeness (QED) is 0.650. The lowest BCUT2D eigenvalue weighted by Gasteiger charge is -2.18. The van der Waals surface area contributed by atoms with Gasteiger partial charge in [0.1, 0.15) is 5.69 Å². The van der Waals surface area contributed by atoms with Gasteiger partial charge < -0.3 is 20.2 Å². The molecule has 0 saturated heterocycles. The zero-order valence-electron chi connectivity index (χ0n) is 13.1. The molecule has 1 aromatic heterocycles. The largest absolute Gasteiger partial charge is 0.467 e. The standard InChI is InChI=1S/C17H17N3O4/c1-11-7-10-14(16(18-11)20(22)23)24-15(12-5-3-2-4-6-12)17(21)19-13-8-9-13/h2-7,10,13,15H,8-9H2,1H3,(H,19,21)/t15-/m1/s1. The normalized spacial score (nSPS) is 14.7. The smallest absolute Gasteiger partial charge is 0.406 e. The third kappa shape index (κ3) is 3.68. The molecule has 0 bridgehead atoms. The van der Waals surface area contributed by atoms with Crippen LogP contribution >= 0.6 is 0 Å². The van der Waals surface area contributed by atoms with Gasteiger partial charge in [-0.25, -0.2) is 0 Å². The van der Waals surface area contributed by atoms with E-state index in [9.17, 15) is 14.9 Å². The van der Waals surface area contributed by atoms with Crippen LogP contribution in [0.4, 0.5) is 5.82 Å². The maximum atomic E-state index is 12.5. The first-order chi connectivity index (χ1) is 11.5. The van der Waals surface area contributed by atoms with E-state index >= 15 is 0 Å². The second-order valence-corrected chi connectivity index (χ2v) is 5.72. The fourth-order valence-corrected chi connectivity index (χ4v) is 2.29. The maximum absolute atomic E-state index is 12.5. The minimum absolute atomic E-state index is 0.0228. The highest BCUT2D eigenvalue weighted by Crippen LogP contribution is 2.30. The topological polar surface area (TPSA) is 94.4 Å². The number of carbonyl (C=O) groups excluding carboxylic acids is 1. The first-order valence-electron chi connectivity index (χ1n) is 7.68. The molecule has 1 aliphatic rings. The summed E-state index contributed by atoms with van der Waals surface area (Å²) in [5.41, 5.74) is 1.14. The van der Waals surface area contributed by atoms with Gasteiger partial charge in [0.25, 0.3) is 5.91 Å². The summed E-state index contributed by atoms with van der Waals surface area (Å²) in [5, 5.41) is 14.1. The molecule has 0 unspecified atom stereocenters. The summed E-state index contributed by atoms with van der Waals surface area (Å²) in [6.07, 6.45) is 0.925. The Morgan fingerprint density at radius 1 is 1.29 bits per heavy atom. The third-order valence-corrected chi connectivity index (χ3v) is 3.66. The van der Waals surface area contributed by atoms with E-state index in [2.05, 4.69) is 10.3 Å². The number of ether oxygens (including phenoxy) is 1. The minimum atomic E-state index is -0.963. The van der Waals surface area contributed by atoms with Gasteiger partial charge in [0.15, 0.2) is 0 Å². The second-order valence-electron chi connectivity index (χ2n) is 5.72. The highest BCUT2D eigenvalue weighted by molar-refractivity contribution is 5.83. The van der Waals surface area contributed by atoms with E-state index in [4.69, 9.17) is 4.74 Å². The van der Waals surface area contributed by atoms with Crippen LogP contribution in [0.2, 0.25) is 0 Å². The van der Waals surface area contributed by atoms with Crippen LogP contribution in [0.25, 0.3) is 0 Å². The lowest BCUT2D eigenvalue weighted by atomic mass is 10.1. The van der Waals surface area contributed by atoms with E-state index in [0.29, 0.717) is 11.3 Å². The van der Waals surface area contributed by atoms with Crippen LogP contribution in [0.15, 0.2) is 42.5 Å². The Balaban J connectivity index is 1.92. The number of aryl methyl sites for hydroxylation is 1. The van der Waals surface area contributed by atoms with Gasteiger partial charge in [0.2, 0.25) is 11.9 Å². The van der Waals surface area contributed by atoms with Crippen molar-refractivity contribution < 1.29 is 14.5 Å². The molecule has 1 aromatic carbocycles. The molecule has 1 heterocycles. The fraction of sp³-hybridized carbons (Fsp3) is 0.294. The van der Waals surface area contributed by atoms with Crippen LogP contribution in [-0.4, -0.2) is 21.9 Å². The molecule has 0 spiro atoms. The summed E-state index contributed by atoms with van der Waals surface area (Å²) in [6, 6.07) is 12.2. The minimum Gasteiger partial charge on any atom is -0.467 e. The number of nitrogens with zero attached hydrogens (tertiary/aromatic N) is 2. The van der Waals surface area contributed by atoms with Crippen molar-refractivity contribution in [2.24, 2.45) is 0 Å². The van der Waals surface area contributed by atoms with Gasteiger partial charge in [-0.15, -0.1) is 0 Å². The Kier molecular flexibility index (Phi) is 4.41. The first kappa shape index (κ1) is 15.9. The van der Waals surface area contributed by atoms with Gasteiger partial charge in [-0.3, -0.25) is 4.79 Å². The number of hydrogen-bond donors (Lipinski definition) is 1. The number of hydrogen-bond acceptors (Lipinski definition) is 5. The molecule has 124 valence electrons. The van der Waals surface area contributed by atoms with E-state index in [-0.39, 0.29) is 17.7 Å². The van der Waals surface area contributed by atoms with Crippen molar-refractivity contribution in [3.05, 3.63) is 63.8 Å². The predicted octanol–water partition coefficient (Wildman–Crippen LogP) is 2.70. The zero-order valence-corrected chi connectivity index (χ0v) is 13.1. The molecule has 3 rings (SSSR count). The molecular formula is C17H17N3O4. The summed E-state index contributed by atoms with van der Waals surface area (Å²) >= 11 is 0. The van der Waals surface area contributed by atoms with Crippen LogP contribution in [0, 0.1) is 17.0 Å². The molecular weight excluding hydrogens is 310 g/mol. The highest BCUT2D eigenvalue weighted by Gasteiger charge is 2.31. The van der Waals surface area contributed by atoms with Crippen molar-refractivity contribution in [3.8, 4) is 5.75 Å². The van der Waals surface area contributed by atoms with Crippen molar-refractivity contribution in [1.29, 1.82) is 0 Å². The molecule has 0 aliphatic heterocycles. The Morgan fingerprint density at radius 2 is 2.00 bits per heavy atom. The number of aromatic nitrogens is 1. The van der Waals surface area contributed by atoms with Crippen molar-refractivity contribution in [2.75, 3.05) is 0 Å². The number of pyridine rings is 1. The van der Waals surface area contributed by atoms with Gasteiger partial charge in [0, 0.05) is 18.5 Å². The van der Waals surface area contributed by atoms with Gasteiger partial charge >= 0.3 is 5.82 Å². The molecule has 0 radical (unpaired) electrons. The van der Waals surface area contributed by atoms with Crippen LogP contribution in [0.1, 0.15) is 30.2 Å². The number of rotatable bonds is 6. The number of nitro groups is 1. The monoisotopic (exact) mass is 327 g/mol. The third-order valence-electron chi connectivity index (χ3n) is 3.66. The number of amides is 1. The zero-order chi connectivity index (χ0) is 17.1. The van der Waals surface area contributed by atoms with E-state index in [0.717, 1.165) is 12.8 Å². The van der Waals surface area contributed by atoms with E-state index in [1.165, 1.54) is 6.07 Å². The molecule has 1 aliphatic carbocycles. The Labute approximate surface area is 138 Å². The van der Waals surface area contributed by atoms with Gasteiger partial charge in [-0.2, -0.15) is 0 Å². The van der Waals surface area contributed by atoms with Crippen LogP contribution < -0.4 is 10.1 Å². The Bertz CT molecular complexity index is 760. The van der Waals surface area contributed by atoms with Crippen molar-refractivity contribution in [1.82, 2.24) is 10.3 Å². The summed E-state index contributed by atoms with van der Waals surface area (Å²) in [4.78, 5) is 27.0. The fourth-order valence-electron chi connectivity index (χ4n) is 2.29. The second kappa shape index (κ2) is 6.66. The molecule has 7 heteroatoms. The molecule has 1 atom stereocenters. The molecule has 7 nitrogen and oxygen atoms in total. The Morgan fingerprint density at radius 3 is 2.62 bits per heavy atom. The lowest BCUT2D eigenvalue weighted by molar-refractivity contribution is -0.390. The number of nitrogens with one attached hydrogen (secondary N) is 1. The van der Waals surface area contributed by atoms with Gasteiger partial charge in [-0.05, 0) is 34.9 Å². The lowest BCUT2D eigenvalue weighted by Crippen LogP contribution is -2.34. The molecule has 1 saturated carbocycles. The van der Waals surface area contributed by atoms with Crippen LogP contribution in [-0.2, 0) is 4.79 Å². The van der Waals surface area contributed by atoms with Crippen molar-refractivity contribution >= 4 is 11.7 Å². The average Bonchev–Trinajstić information content (AvgIpc) is 3.38. The molecule has 2 aromatic rings. The Hall–Kier alpha value is -2.96. The average molecular weight is 327 g/mol. The number of benzene rings is 1. The summed E-state index contributed by atoms with van der Waals surface area (Å²) < 4.78 is 5.72. The SMILES string of the molecule is Cc1ccc(O[C@@H](C(=O)NC2CC2)c2ccccc2)c([N+](=O)[O-])n1. The van der Waals surface area contributed by atoms with Gasteiger partial charge in [-0.1, -0.05) is 30.3 Å². The molecule has 24 heavy (non-hydrogen) atoms. The van der Waals surface area contributed by atoms with E-state index in [1.807, 2.05) is 6.07 Å². The summed E-state index contributed by atoms with van der Waals surface area (Å²) in [5.74, 6) is -0.723. The summed E-state index contributed by atoms with van der Waals surface area (Å²) in [6.45, 7) is 1.66. The van der Waals surface area contributed by atoms with Crippen LogP contribution in [0.3, 0.4) is 0 Å². The van der Waals surface area contributed by atoms with Crippen molar-refractivity contribution in [2.45, 2.75) is 31.9 Å². The molecule has 1 amide bonds. The molecule has 1 fully saturated rings. The van der Waals surface area contributed by atoms with Gasteiger partial charge in [0.05, 0.1) is 0 Å². The van der Waals surface area contributed by atoms with E-state index < -0.39 is 16.8 Å². The summed E-state index contributed by atoms with van der Waals surface area (Å²) in [7, 11) is 0. The predicted molar refractivity (Wildman–Crippen MR) is 86.6 cm³/mol. The number of carbonyl (C=O) groups is 1. The molecule has 1 N–H and O–H groups in total. The van der Waals surface area contributed by atoms with Crippen molar-refractivity contribution in [3.63, 3.8) is 0 Å². The highest BCUT2D eigenvalue weighted by atomic mass is 16.6. The maximum Gasteiger partial charge on any atom is 0.406 e.